The number of hydrogen-bond donors (Lipinski definition) is 2. The molecule has 3 rings (SSSR count). The summed E-state index contributed by atoms with van der Waals surface area (Å²) in [5.74, 6) is 1.29. The van der Waals surface area contributed by atoms with Crippen molar-refractivity contribution >= 4 is 11.6 Å². The summed E-state index contributed by atoms with van der Waals surface area (Å²) in [6.45, 7) is 4.00. The van der Waals surface area contributed by atoms with E-state index in [4.69, 9.17) is 16.2 Å². The number of hydrogen-bond acceptors (Lipinski definition) is 6. The molecule has 2 aromatic heterocycles. The fourth-order valence-corrected chi connectivity index (χ4v) is 1.84. The maximum absolute atomic E-state index is 5.79. The lowest BCUT2D eigenvalue weighted by molar-refractivity contribution is 0.465. The second-order valence-electron chi connectivity index (χ2n) is 4.33. The Morgan fingerprint density at radius 2 is 1.61 bits per heavy atom. The molecule has 0 spiro atoms. The number of benzene rings is 1. The molecule has 6 nitrogen and oxygen atoms in total. The Hall–Kier alpha value is -3.15. The molecule has 0 aliphatic heterocycles. The summed E-state index contributed by atoms with van der Waals surface area (Å²) in [6.07, 6.45) is 3.25. The summed E-state index contributed by atoms with van der Waals surface area (Å²) >= 11 is 0. The summed E-state index contributed by atoms with van der Waals surface area (Å²) in [7, 11) is 0. The minimum atomic E-state index is 0.204. The molecule has 1 aromatic carbocycles. The SMILES string of the molecule is CC.Nc1ccc(Oc2ncccc2-c2ccnc(N)n2)cc1. The van der Waals surface area contributed by atoms with Crippen LogP contribution >= 0.6 is 0 Å². The zero-order valence-corrected chi connectivity index (χ0v) is 13.1. The smallest absolute Gasteiger partial charge is 0.228 e. The summed E-state index contributed by atoms with van der Waals surface area (Å²) in [6, 6.07) is 12.5. The first-order chi connectivity index (χ1) is 11.2. The number of pyridine rings is 1. The predicted octanol–water partition coefficient (Wildman–Crippen LogP) is 3.52. The van der Waals surface area contributed by atoms with Crippen LogP contribution in [-0.4, -0.2) is 15.0 Å². The predicted molar refractivity (Wildman–Crippen MR) is 92.0 cm³/mol. The fraction of sp³-hybridized carbons (Fsp3) is 0.118. The van der Waals surface area contributed by atoms with E-state index in [1.165, 1.54) is 0 Å². The average molecular weight is 309 g/mol. The van der Waals surface area contributed by atoms with Crippen LogP contribution in [0.15, 0.2) is 54.9 Å². The highest BCUT2D eigenvalue weighted by Gasteiger charge is 2.10. The van der Waals surface area contributed by atoms with E-state index in [-0.39, 0.29) is 5.95 Å². The van der Waals surface area contributed by atoms with Crippen molar-refractivity contribution in [3.05, 3.63) is 54.9 Å². The molecule has 2 heterocycles. The van der Waals surface area contributed by atoms with Gasteiger partial charge in [0.05, 0.1) is 11.3 Å². The number of rotatable bonds is 3. The molecule has 6 heteroatoms. The zero-order valence-electron chi connectivity index (χ0n) is 13.1. The van der Waals surface area contributed by atoms with Crippen molar-refractivity contribution in [2.45, 2.75) is 13.8 Å². The highest BCUT2D eigenvalue weighted by atomic mass is 16.5. The number of aromatic nitrogens is 3. The van der Waals surface area contributed by atoms with Crippen molar-refractivity contribution in [1.29, 1.82) is 0 Å². The van der Waals surface area contributed by atoms with E-state index >= 15 is 0 Å². The zero-order chi connectivity index (χ0) is 16.7. The van der Waals surface area contributed by atoms with Crippen molar-refractivity contribution in [2.75, 3.05) is 11.5 Å². The molecule has 118 valence electrons. The van der Waals surface area contributed by atoms with Crippen LogP contribution in [0.1, 0.15) is 13.8 Å². The molecule has 0 saturated heterocycles. The van der Waals surface area contributed by atoms with Crippen LogP contribution in [0, 0.1) is 0 Å². The molecule has 0 aliphatic carbocycles. The van der Waals surface area contributed by atoms with Crippen molar-refractivity contribution in [1.82, 2.24) is 15.0 Å². The standard InChI is InChI=1S/C15H13N5O.C2H6/c16-10-3-5-11(6-4-10)21-14-12(2-1-8-18-14)13-7-9-19-15(17)20-13;1-2/h1-9H,16H2,(H2,17,19,20);1-2H3. The van der Waals surface area contributed by atoms with Gasteiger partial charge in [-0.15, -0.1) is 0 Å². The summed E-state index contributed by atoms with van der Waals surface area (Å²) in [5, 5.41) is 0. The first kappa shape index (κ1) is 16.2. The Morgan fingerprint density at radius 1 is 0.870 bits per heavy atom. The lowest BCUT2D eigenvalue weighted by Crippen LogP contribution is -1.97. The summed E-state index contributed by atoms with van der Waals surface area (Å²) in [5.41, 5.74) is 13.3. The lowest BCUT2D eigenvalue weighted by Gasteiger charge is -2.09. The molecule has 0 aliphatic rings. The number of ether oxygens (including phenoxy) is 1. The van der Waals surface area contributed by atoms with E-state index in [9.17, 15) is 0 Å². The van der Waals surface area contributed by atoms with Gasteiger partial charge in [0.15, 0.2) is 0 Å². The van der Waals surface area contributed by atoms with Crippen molar-refractivity contribution in [3.63, 3.8) is 0 Å². The molecule has 0 saturated carbocycles. The molecule has 0 atom stereocenters. The van der Waals surface area contributed by atoms with Gasteiger partial charge < -0.3 is 16.2 Å². The first-order valence-corrected chi connectivity index (χ1v) is 7.30. The van der Waals surface area contributed by atoms with Crippen LogP contribution in [-0.2, 0) is 0 Å². The van der Waals surface area contributed by atoms with E-state index in [1.54, 1.807) is 42.7 Å². The van der Waals surface area contributed by atoms with Crippen LogP contribution in [0.5, 0.6) is 11.6 Å². The number of nitrogens with two attached hydrogens (primary N) is 2. The maximum Gasteiger partial charge on any atom is 0.228 e. The maximum atomic E-state index is 5.79. The van der Waals surface area contributed by atoms with Crippen LogP contribution < -0.4 is 16.2 Å². The number of nitrogen functional groups attached to an aromatic ring is 2. The molecular formula is C17H19N5O. The van der Waals surface area contributed by atoms with Crippen LogP contribution in [0.2, 0.25) is 0 Å². The Kier molecular flexibility index (Phi) is 5.46. The van der Waals surface area contributed by atoms with Gasteiger partial charge in [-0.25, -0.2) is 15.0 Å². The van der Waals surface area contributed by atoms with E-state index in [0.717, 1.165) is 5.56 Å². The van der Waals surface area contributed by atoms with Gasteiger partial charge in [-0.3, -0.25) is 0 Å². The summed E-state index contributed by atoms with van der Waals surface area (Å²) < 4.78 is 5.79. The van der Waals surface area contributed by atoms with Crippen molar-refractivity contribution in [2.24, 2.45) is 0 Å². The highest BCUT2D eigenvalue weighted by molar-refractivity contribution is 5.65. The van der Waals surface area contributed by atoms with Gasteiger partial charge in [0, 0.05) is 18.1 Å². The Morgan fingerprint density at radius 3 is 2.30 bits per heavy atom. The molecule has 3 aromatic rings. The van der Waals surface area contributed by atoms with Crippen LogP contribution in [0.3, 0.4) is 0 Å². The Balaban J connectivity index is 0.000000924. The van der Waals surface area contributed by atoms with E-state index in [0.29, 0.717) is 23.0 Å². The minimum Gasteiger partial charge on any atom is -0.438 e. The molecule has 23 heavy (non-hydrogen) atoms. The van der Waals surface area contributed by atoms with Crippen molar-refractivity contribution in [3.8, 4) is 22.9 Å². The molecule has 4 N–H and O–H groups in total. The second-order valence-corrected chi connectivity index (χ2v) is 4.33. The van der Waals surface area contributed by atoms with Crippen molar-refractivity contribution < 1.29 is 4.74 Å². The van der Waals surface area contributed by atoms with Crippen LogP contribution in [0.4, 0.5) is 11.6 Å². The molecule has 0 bridgehead atoms. The quantitative estimate of drug-likeness (QED) is 0.718. The minimum absolute atomic E-state index is 0.204. The number of anilines is 2. The topological polar surface area (TPSA) is 99.9 Å². The fourth-order valence-electron chi connectivity index (χ4n) is 1.84. The lowest BCUT2D eigenvalue weighted by atomic mass is 10.2. The molecule has 0 fully saturated rings. The van der Waals surface area contributed by atoms with E-state index < -0.39 is 0 Å². The Labute approximate surface area is 135 Å². The number of nitrogens with zero attached hydrogens (tertiary/aromatic N) is 3. The first-order valence-electron chi connectivity index (χ1n) is 7.30. The van der Waals surface area contributed by atoms with Gasteiger partial charge in [0.1, 0.15) is 5.75 Å². The van der Waals surface area contributed by atoms with Gasteiger partial charge >= 0.3 is 0 Å². The molecular weight excluding hydrogens is 290 g/mol. The van der Waals surface area contributed by atoms with E-state index in [1.807, 2.05) is 26.0 Å². The molecule has 0 radical (unpaired) electrons. The largest absolute Gasteiger partial charge is 0.438 e. The third kappa shape index (κ3) is 4.16. The van der Waals surface area contributed by atoms with Gasteiger partial charge in [-0.1, -0.05) is 13.8 Å². The van der Waals surface area contributed by atoms with Gasteiger partial charge in [0.2, 0.25) is 11.8 Å². The second kappa shape index (κ2) is 7.74. The van der Waals surface area contributed by atoms with Gasteiger partial charge in [0.25, 0.3) is 0 Å². The normalized spacial score (nSPS) is 9.65. The summed E-state index contributed by atoms with van der Waals surface area (Å²) in [4.78, 5) is 12.3. The third-order valence-corrected chi connectivity index (χ3v) is 2.82. The van der Waals surface area contributed by atoms with Gasteiger partial charge in [-0.2, -0.15) is 0 Å². The highest BCUT2D eigenvalue weighted by Crippen LogP contribution is 2.30. The third-order valence-electron chi connectivity index (χ3n) is 2.82. The van der Waals surface area contributed by atoms with Crippen LogP contribution in [0.25, 0.3) is 11.3 Å². The molecule has 0 amide bonds. The Bertz CT molecular complexity index is 759. The van der Waals surface area contributed by atoms with E-state index in [2.05, 4.69) is 15.0 Å². The van der Waals surface area contributed by atoms with Gasteiger partial charge in [-0.05, 0) is 42.5 Å². The monoisotopic (exact) mass is 309 g/mol. The molecule has 0 unspecified atom stereocenters. The average Bonchev–Trinajstić information content (AvgIpc) is 2.59.